The van der Waals surface area contributed by atoms with Gasteiger partial charge in [0, 0.05) is 0 Å². The van der Waals surface area contributed by atoms with Crippen LogP contribution in [-0.2, 0) is 14.8 Å². The van der Waals surface area contributed by atoms with Crippen molar-refractivity contribution >= 4 is 21.9 Å². The molecule has 0 atom stereocenters. The summed E-state index contributed by atoms with van der Waals surface area (Å²) in [5, 5.41) is 5.88. The molecular weight excluding hydrogens is 272 g/mol. The normalized spacial score (nSPS) is 11.0. The molecule has 1 aromatic carbocycles. The second kappa shape index (κ2) is 5.06. The van der Waals surface area contributed by atoms with E-state index >= 15 is 0 Å². The van der Waals surface area contributed by atoms with Crippen molar-refractivity contribution in [3.8, 4) is 0 Å². The van der Waals surface area contributed by atoms with Gasteiger partial charge in [-0.1, -0.05) is 12.1 Å². The molecule has 0 spiro atoms. The van der Waals surface area contributed by atoms with Crippen molar-refractivity contribution in [1.29, 1.82) is 0 Å². The maximum Gasteiger partial charge on any atom is 0.339 e. The lowest BCUT2D eigenvalue weighted by Gasteiger charge is -2.08. The largest absolute Gasteiger partial charge is 0.465 e. The van der Waals surface area contributed by atoms with Crippen LogP contribution in [0.15, 0.2) is 35.5 Å². The van der Waals surface area contributed by atoms with Crippen LogP contribution in [0, 0.1) is 0 Å². The number of hydrogen-bond acceptors (Lipinski definition) is 6. The smallest absolute Gasteiger partial charge is 0.339 e. The Morgan fingerprint density at radius 3 is 2.74 bits per heavy atom. The lowest BCUT2D eigenvalue weighted by molar-refractivity contribution is 0.0596. The number of carbonyl (C=O) groups excluding carboxylic acids is 1. The van der Waals surface area contributed by atoms with Crippen LogP contribution in [0.4, 0.5) is 5.95 Å². The summed E-state index contributed by atoms with van der Waals surface area (Å²) in [5.41, 5.74) is -0.0583. The highest BCUT2D eigenvalue weighted by atomic mass is 32.2. The lowest BCUT2D eigenvalue weighted by atomic mass is 10.2. The van der Waals surface area contributed by atoms with Gasteiger partial charge in [0.1, 0.15) is 11.2 Å². The summed E-state index contributed by atoms with van der Waals surface area (Å²) in [6.07, 6.45) is 1.16. The number of esters is 1. The van der Waals surface area contributed by atoms with Crippen molar-refractivity contribution in [3.63, 3.8) is 0 Å². The Labute approximate surface area is 108 Å². The van der Waals surface area contributed by atoms with E-state index in [2.05, 4.69) is 24.6 Å². The van der Waals surface area contributed by atoms with E-state index in [9.17, 15) is 13.2 Å². The summed E-state index contributed by atoms with van der Waals surface area (Å²) < 4.78 is 31.0. The molecule has 1 aromatic heterocycles. The van der Waals surface area contributed by atoms with E-state index in [1.54, 1.807) is 6.07 Å². The molecule has 19 heavy (non-hydrogen) atoms. The Bertz CT molecular complexity index is 681. The van der Waals surface area contributed by atoms with Crippen LogP contribution in [-0.4, -0.2) is 36.7 Å². The monoisotopic (exact) mass is 282 g/mol. The van der Waals surface area contributed by atoms with E-state index in [-0.39, 0.29) is 16.4 Å². The molecule has 9 heteroatoms. The molecule has 0 saturated heterocycles. The summed E-state index contributed by atoms with van der Waals surface area (Å²) in [7, 11) is -2.78. The first-order chi connectivity index (χ1) is 9.04. The zero-order valence-electron chi connectivity index (χ0n) is 9.82. The van der Waals surface area contributed by atoms with Gasteiger partial charge in [-0.05, 0) is 12.1 Å². The fourth-order valence-corrected chi connectivity index (χ4v) is 2.58. The minimum absolute atomic E-state index is 0.0420. The van der Waals surface area contributed by atoms with Crippen LogP contribution in [0.2, 0.25) is 0 Å². The summed E-state index contributed by atoms with van der Waals surface area (Å²) in [6.45, 7) is 0. The van der Waals surface area contributed by atoms with E-state index in [1.165, 1.54) is 25.3 Å². The molecule has 0 radical (unpaired) electrons. The first kappa shape index (κ1) is 13.0. The summed E-state index contributed by atoms with van der Waals surface area (Å²) in [5.74, 6) is -0.779. The van der Waals surface area contributed by atoms with Crippen molar-refractivity contribution in [2.24, 2.45) is 0 Å². The number of sulfonamides is 1. The predicted molar refractivity (Wildman–Crippen MR) is 65.0 cm³/mol. The minimum atomic E-state index is -3.95. The number of rotatable bonds is 4. The minimum Gasteiger partial charge on any atom is -0.465 e. The molecule has 0 bridgehead atoms. The van der Waals surface area contributed by atoms with Crippen LogP contribution in [0.3, 0.4) is 0 Å². The number of anilines is 1. The third kappa shape index (κ3) is 2.71. The zero-order valence-corrected chi connectivity index (χ0v) is 10.6. The highest BCUT2D eigenvalue weighted by molar-refractivity contribution is 7.92. The Hall–Kier alpha value is -2.42. The molecular formula is C10H10N4O4S. The van der Waals surface area contributed by atoms with Crippen molar-refractivity contribution in [1.82, 2.24) is 15.2 Å². The van der Waals surface area contributed by atoms with Gasteiger partial charge < -0.3 is 4.74 Å². The second-order valence-electron chi connectivity index (χ2n) is 3.43. The van der Waals surface area contributed by atoms with Crippen molar-refractivity contribution in [3.05, 3.63) is 36.2 Å². The van der Waals surface area contributed by atoms with Gasteiger partial charge in [-0.15, -0.1) is 0 Å². The quantitative estimate of drug-likeness (QED) is 0.784. The number of carbonyl (C=O) groups is 1. The molecule has 0 aliphatic heterocycles. The number of methoxy groups -OCH3 is 1. The van der Waals surface area contributed by atoms with Gasteiger partial charge in [-0.25, -0.2) is 23.0 Å². The first-order valence-electron chi connectivity index (χ1n) is 5.10. The molecule has 0 fully saturated rings. The molecule has 2 rings (SSSR count). The van der Waals surface area contributed by atoms with Crippen molar-refractivity contribution < 1.29 is 17.9 Å². The Morgan fingerprint density at radius 1 is 1.37 bits per heavy atom. The standard InChI is InChI=1S/C10H10N4O4S/c1-18-9(15)7-4-2-3-5-8(7)19(16,17)14-10-11-6-12-13-10/h2-6H,1H3,(H2,11,12,13,14). The summed E-state index contributed by atoms with van der Waals surface area (Å²) >= 11 is 0. The van der Waals surface area contributed by atoms with Crippen LogP contribution in [0.1, 0.15) is 10.4 Å². The van der Waals surface area contributed by atoms with E-state index in [0.717, 1.165) is 6.33 Å². The van der Waals surface area contributed by atoms with Gasteiger partial charge in [0.2, 0.25) is 5.95 Å². The third-order valence-corrected chi connectivity index (χ3v) is 3.63. The third-order valence-electron chi connectivity index (χ3n) is 2.23. The molecule has 0 aliphatic rings. The highest BCUT2D eigenvalue weighted by Crippen LogP contribution is 2.18. The first-order valence-corrected chi connectivity index (χ1v) is 6.58. The topological polar surface area (TPSA) is 114 Å². The van der Waals surface area contributed by atoms with Gasteiger partial charge in [0.05, 0.1) is 12.7 Å². The van der Waals surface area contributed by atoms with Crippen molar-refractivity contribution in [2.75, 3.05) is 11.8 Å². The van der Waals surface area contributed by atoms with Crippen LogP contribution >= 0.6 is 0 Å². The number of aromatic amines is 1. The fraction of sp³-hybridized carbons (Fsp3) is 0.100. The molecule has 1 heterocycles. The van der Waals surface area contributed by atoms with E-state index in [1.807, 2.05) is 0 Å². The van der Waals surface area contributed by atoms with Crippen LogP contribution < -0.4 is 4.72 Å². The molecule has 0 saturated carbocycles. The van der Waals surface area contributed by atoms with Gasteiger partial charge in [-0.3, -0.25) is 0 Å². The molecule has 0 aliphatic carbocycles. The predicted octanol–water partition coefficient (Wildman–Crippen LogP) is 0.392. The van der Waals surface area contributed by atoms with Crippen LogP contribution in [0.25, 0.3) is 0 Å². The van der Waals surface area contributed by atoms with E-state index < -0.39 is 16.0 Å². The SMILES string of the molecule is COC(=O)c1ccccc1S(=O)(=O)Nc1ncn[nH]1. The number of aromatic nitrogens is 3. The maximum absolute atomic E-state index is 12.1. The number of nitrogens with one attached hydrogen (secondary N) is 2. The van der Waals surface area contributed by atoms with Gasteiger partial charge >= 0.3 is 5.97 Å². The molecule has 8 nitrogen and oxygen atoms in total. The molecule has 2 N–H and O–H groups in total. The molecule has 0 amide bonds. The average molecular weight is 282 g/mol. The Balaban J connectivity index is 2.43. The molecule has 100 valence electrons. The number of nitrogens with zero attached hydrogens (tertiary/aromatic N) is 2. The average Bonchev–Trinajstić information content (AvgIpc) is 2.90. The highest BCUT2D eigenvalue weighted by Gasteiger charge is 2.23. The van der Waals surface area contributed by atoms with Crippen molar-refractivity contribution in [2.45, 2.75) is 4.90 Å². The summed E-state index contributed by atoms with van der Waals surface area (Å²) in [4.78, 5) is 15.0. The van der Waals surface area contributed by atoms with Gasteiger partial charge in [-0.2, -0.15) is 10.1 Å². The van der Waals surface area contributed by atoms with Gasteiger partial charge in [0.25, 0.3) is 10.0 Å². The second-order valence-corrected chi connectivity index (χ2v) is 5.08. The number of ether oxygens (including phenoxy) is 1. The number of H-pyrrole nitrogens is 1. The Morgan fingerprint density at radius 2 is 2.11 bits per heavy atom. The molecule has 2 aromatic rings. The van der Waals surface area contributed by atoms with E-state index in [4.69, 9.17) is 0 Å². The zero-order chi connectivity index (χ0) is 13.9. The Kier molecular flexibility index (Phi) is 3.47. The summed E-state index contributed by atoms with van der Waals surface area (Å²) in [6, 6.07) is 5.70. The fourth-order valence-electron chi connectivity index (χ4n) is 1.42. The van der Waals surface area contributed by atoms with Gasteiger partial charge in [0.15, 0.2) is 0 Å². The van der Waals surface area contributed by atoms with E-state index in [0.29, 0.717) is 0 Å². The maximum atomic E-state index is 12.1. The van der Waals surface area contributed by atoms with Crippen LogP contribution in [0.5, 0.6) is 0 Å². The number of hydrogen-bond donors (Lipinski definition) is 2. The molecule has 0 unspecified atom stereocenters. The number of benzene rings is 1. The lowest BCUT2D eigenvalue weighted by Crippen LogP contribution is -2.18.